The van der Waals surface area contributed by atoms with E-state index in [9.17, 15) is 9.59 Å². The highest BCUT2D eigenvalue weighted by atomic mass is 16.2. The Morgan fingerprint density at radius 3 is 2.37 bits per heavy atom. The van der Waals surface area contributed by atoms with Crippen LogP contribution >= 0.6 is 0 Å². The van der Waals surface area contributed by atoms with Gasteiger partial charge in [0.05, 0.1) is 19.5 Å². The normalized spacial score (nSPS) is 17.3. The molecule has 2 saturated heterocycles. The van der Waals surface area contributed by atoms with Crippen LogP contribution in [0.4, 0.5) is 5.69 Å². The van der Waals surface area contributed by atoms with E-state index in [1.54, 1.807) is 4.90 Å². The second-order valence-corrected chi connectivity index (χ2v) is 8.53. The molecule has 2 heterocycles. The molecule has 5 nitrogen and oxygen atoms in total. The maximum Gasteiger partial charge on any atom is 0.227 e. The second kappa shape index (κ2) is 9.90. The van der Waals surface area contributed by atoms with Crippen molar-refractivity contribution in [2.24, 2.45) is 0 Å². The highest BCUT2D eigenvalue weighted by Crippen LogP contribution is 2.21. The van der Waals surface area contributed by atoms with Crippen molar-refractivity contribution in [2.45, 2.75) is 51.6 Å². The average molecular weight is 407 g/mol. The number of carbonyl (C=O) groups is 2. The molecule has 0 atom stereocenters. The first-order valence-corrected chi connectivity index (χ1v) is 11.3. The van der Waals surface area contributed by atoms with Gasteiger partial charge in [0.2, 0.25) is 11.8 Å². The first-order valence-electron chi connectivity index (χ1n) is 11.3. The van der Waals surface area contributed by atoms with E-state index >= 15 is 0 Å². The molecule has 0 aliphatic carbocycles. The van der Waals surface area contributed by atoms with Crippen molar-refractivity contribution in [3.8, 4) is 0 Å². The fourth-order valence-corrected chi connectivity index (χ4v) is 4.56. The number of likely N-dealkylation sites (tertiary alicyclic amines) is 1. The quantitative estimate of drug-likeness (QED) is 0.741. The average Bonchev–Trinajstić information content (AvgIpc) is 3.20. The highest BCUT2D eigenvalue weighted by Gasteiger charge is 2.21. The minimum Gasteiger partial charge on any atom is -0.352 e. The molecule has 2 aromatic rings. The summed E-state index contributed by atoms with van der Waals surface area (Å²) in [6, 6.07) is 16.3. The van der Waals surface area contributed by atoms with Crippen molar-refractivity contribution in [2.75, 3.05) is 24.5 Å². The Kier molecular flexibility index (Phi) is 6.80. The van der Waals surface area contributed by atoms with Gasteiger partial charge in [-0.2, -0.15) is 0 Å². The van der Waals surface area contributed by atoms with E-state index in [1.165, 1.54) is 43.5 Å². The molecule has 5 heteroatoms. The van der Waals surface area contributed by atoms with Crippen molar-refractivity contribution in [3.63, 3.8) is 0 Å². The van der Waals surface area contributed by atoms with E-state index < -0.39 is 0 Å². The van der Waals surface area contributed by atoms with Crippen LogP contribution < -0.4 is 15.1 Å². The van der Waals surface area contributed by atoms with Gasteiger partial charge in [0.15, 0.2) is 0 Å². The summed E-state index contributed by atoms with van der Waals surface area (Å²) in [5.74, 6) is 0.214. The number of piperidine rings is 1. The lowest BCUT2D eigenvalue weighted by Crippen LogP contribution is -3.11. The monoisotopic (exact) mass is 406 g/mol. The van der Waals surface area contributed by atoms with Crippen LogP contribution in [0.3, 0.4) is 0 Å². The molecule has 0 saturated carbocycles. The Labute approximate surface area is 179 Å². The van der Waals surface area contributed by atoms with Gasteiger partial charge >= 0.3 is 0 Å². The summed E-state index contributed by atoms with van der Waals surface area (Å²) in [7, 11) is 0. The summed E-state index contributed by atoms with van der Waals surface area (Å²) < 4.78 is 0. The standard InChI is InChI=1S/C25H31N3O2/c29-24(17-20-10-12-23(13-11-20)28-16-6-9-25(28)30)26-18-21-7-2-3-8-22(21)19-27-14-4-1-5-15-27/h2-3,7-8,10-13H,1,4-6,9,14-19H2,(H,26,29)/p+1. The number of hydrogen-bond acceptors (Lipinski definition) is 2. The molecule has 2 amide bonds. The van der Waals surface area contributed by atoms with Crippen LogP contribution in [0.1, 0.15) is 48.8 Å². The number of nitrogens with zero attached hydrogens (tertiary/aromatic N) is 1. The van der Waals surface area contributed by atoms with Crippen molar-refractivity contribution in [1.82, 2.24) is 5.32 Å². The zero-order valence-electron chi connectivity index (χ0n) is 17.7. The minimum atomic E-state index is 0.0279. The zero-order chi connectivity index (χ0) is 20.8. The molecule has 0 spiro atoms. The van der Waals surface area contributed by atoms with Gasteiger partial charge in [0.1, 0.15) is 6.54 Å². The Hall–Kier alpha value is -2.66. The van der Waals surface area contributed by atoms with Crippen molar-refractivity contribution in [1.29, 1.82) is 0 Å². The van der Waals surface area contributed by atoms with Crippen molar-refractivity contribution >= 4 is 17.5 Å². The lowest BCUT2D eigenvalue weighted by Gasteiger charge is -2.24. The molecule has 0 aromatic heterocycles. The zero-order valence-corrected chi connectivity index (χ0v) is 17.7. The fourth-order valence-electron chi connectivity index (χ4n) is 4.56. The third-order valence-corrected chi connectivity index (χ3v) is 6.28. The lowest BCUT2D eigenvalue weighted by molar-refractivity contribution is -0.918. The molecule has 2 aliphatic heterocycles. The molecule has 2 aromatic carbocycles. The number of amides is 2. The topological polar surface area (TPSA) is 53.9 Å². The molecule has 4 rings (SSSR count). The number of anilines is 1. The SMILES string of the molecule is O=C(Cc1ccc(N2CCCC2=O)cc1)NCc1ccccc1C[NH+]1CCCCC1. The molecule has 2 fully saturated rings. The summed E-state index contributed by atoms with van der Waals surface area (Å²) in [5.41, 5.74) is 4.45. The van der Waals surface area contributed by atoms with Gasteiger partial charge in [-0.1, -0.05) is 36.4 Å². The largest absolute Gasteiger partial charge is 0.352 e. The maximum atomic E-state index is 12.5. The van der Waals surface area contributed by atoms with Gasteiger partial charge in [0.25, 0.3) is 0 Å². The van der Waals surface area contributed by atoms with E-state index in [-0.39, 0.29) is 11.8 Å². The summed E-state index contributed by atoms with van der Waals surface area (Å²) >= 11 is 0. The second-order valence-electron chi connectivity index (χ2n) is 8.53. The number of benzene rings is 2. The Morgan fingerprint density at radius 2 is 1.67 bits per heavy atom. The first kappa shape index (κ1) is 20.6. The van der Waals surface area contributed by atoms with Gasteiger partial charge in [-0.05, 0) is 48.9 Å². The van der Waals surface area contributed by atoms with Gasteiger partial charge in [-0.15, -0.1) is 0 Å². The van der Waals surface area contributed by atoms with E-state index in [2.05, 4.69) is 29.6 Å². The number of nitrogens with one attached hydrogen (secondary N) is 2. The molecule has 0 bridgehead atoms. The van der Waals surface area contributed by atoms with Gasteiger partial charge in [0, 0.05) is 30.8 Å². The predicted molar refractivity (Wildman–Crippen MR) is 118 cm³/mol. The Bertz CT molecular complexity index is 872. The highest BCUT2D eigenvalue weighted by molar-refractivity contribution is 5.95. The third kappa shape index (κ3) is 5.28. The third-order valence-electron chi connectivity index (χ3n) is 6.28. The molecule has 2 aliphatic rings. The molecular weight excluding hydrogens is 374 g/mol. The summed E-state index contributed by atoms with van der Waals surface area (Å²) in [4.78, 5) is 27.8. The van der Waals surface area contributed by atoms with Gasteiger partial charge < -0.3 is 15.1 Å². The van der Waals surface area contributed by atoms with E-state index in [4.69, 9.17) is 0 Å². The smallest absolute Gasteiger partial charge is 0.227 e. The van der Waals surface area contributed by atoms with Crippen LogP contribution in [0.25, 0.3) is 0 Å². The summed E-state index contributed by atoms with van der Waals surface area (Å²) in [6.45, 7) is 4.90. The van der Waals surface area contributed by atoms with Crippen LogP contribution in [0.15, 0.2) is 48.5 Å². The van der Waals surface area contributed by atoms with Gasteiger partial charge in [-0.3, -0.25) is 9.59 Å². The Balaban J connectivity index is 1.30. The number of quaternary nitrogens is 1. The van der Waals surface area contributed by atoms with Crippen LogP contribution in [0.5, 0.6) is 0 Å². The fraction of sp³-hybridized carbons (Fsp3) is 0.440. The summed E-state index contributed by atoms with van der Waals surface area (Å²) in [5, 5.41) is 3.09. The minimum absolute atomic E-state index is 0.0279. The molecule has 0 unspecified atom stereocenters. The first-order chi connectivity index (χ1) is 14.7. The lowest BCUT2D eigenvalue weighted by atomic mass is 10.0. The molecular formula is C25H32N3O2+. The van der Waals surface area contributed by atoms with Crippen molar-refractivity contribution < 1.29 is 14.5 Å². The van der Waals surface area contributed by atoms with E-state index in [1.807, 2.05) is 29.2 Å². The van der Waals surface area contributed by atoms with Crippen LogP contribution in [-0.2, 0) is 29.1 Å². The van der Waals surface area contributed by atoms with Crippen LogP contribution in [0.2, 0.25) is 0 Å². The molecule has 2 N–H and O–H groups in total. The van der Waals surface area contributed by atoms with Crippen LogP contribution in [-0.4, -0.2) is 31.4 Å². The van der Waals surface area contributed by atoms with E-state index in [0.29, 0.717) is 19.4 Å². The number of hydrogen-bond donors (Lipinski definition) is 2. The van der Waals surface area contributed by atoms with Crippen LogP contribution in [0, 0.1) is 0 Å². The van der Waals surface area contributed by atoms with Crippen molar-refractivity contribution in [3.05, 3.63) is 65.2 Å². The van der Waals surface area contributed by atoms with Gasteiger partial charge in [-0.25, -0.2) is 0 Å². The predicted octanol–water partition coefficient (Wildman–Crippen LogP) is 2.24. The number of rotatable bonds is 7. The maximum absolute atomic E-state index is 12.5. The molecule has 0 radical (unpaired) electrons. The summed E-state index contributed by atoms with van der Waals surface area (Å²) in [6.07, 6.45) is 5.90. The number of carbonyl (C=O) groups excluding carboxylic acids is 2. The molecule has 30 heavy (non-hydrogen) atoms. The van der Waals surface area contributed by atoms with E-state index in [0.717, 1.165) is 30.8 Å². The Morgan fingerprint density at radius 1 is 0.933 bits per heavy atom. The molecule has 158 valence electrons.